The van der Waals surface area contributed by atoms with Gasteiger partial charge in [0.15, 0.2) is 5.84 Å². The molecule has 1 aliphatic heterocycles. The van der Waals surface area contributed by atoms with Crippen LogP contribution in [0.25, 0.3) is 6.08 Å². The number of halogens is 1. The van der Waals surface area contributed by atoms with Gasteiger partial charge in [0.25, 0.3) is 11.6 Å². The maximum absolute atomic E-state index is 13.1. The van der Waals surface area contributed by atoms with Crippen molar-refractivity contribution < 1.29 is 9.72 Å². The molecule has 0 bridgehead atoms. The van der Waals surface area contributed by atoms with E-state index in [1.807, 2.05) is 54.6 Å². The minimum atomic E-state index is -0.471. The number of aliphatic imine (C=N–C) groups is 1. The molecule has 8 heteroatoms. The van der Waals surface area contributed by atoms with Crippen LogP contribution in [0.5, 0.6) is 0 Å². The fourth-order valence-corrected chi connectivity index (χ4v) is 3.33. The Hall–Kier alpha value is -3.91. The van der Waals surface area contributed by atoms with Crippen LogP contribution in [-0.2, 0) is 4.79 Å². The van der Waals surface area contributed by atoms with Crippen molar-refractivity contribution >= 4 is 45.7 Å². The van der Waals surface area contributed by atoms with Gasteiger partial charge in [0, 0.05) is 27.7 Å². The monoisotopic (exact) mass is 474 g/mol. The van der Waals surface area contributed by atoms with Gasteiger partial charge in [-0.15, -0.1) is 0 Å². The van der Waals surface area contributed by atoms with Crippen LogP contribution in [0, 0.1) is 10.1 Å². The molecule has 7 nitrogen and oxygen atoms in total. The van der Waals surface area contributed by atoms with Gasteiger partial charge in [-0.05, 0) is 29.8 Å². The molecule has 0 radical (unpaired) electrons. The summed E-state index contributed by atoms with van der Waals surface area (Å²) in [4.78, 5) is 28.0. The molecular weight excluding hydrogens is 460 g/mol. The molecule has 1 amide bonds. The second-order valence-corrected chi connectivity index (χ2v) is 7.42. The van der Waals surface area contributed by atoms with E-state index in [0.29, 0.717) is 11.4 Å². The van der Waals surface area contributed by atoms with Crippen molar-refractivity contribution in [3.05, 3.63) is 116 Å². The van der Waals surface area contributed by atoms with Gasteiger partial charge in [-0.2, -0.15) is 10.1 Å². The van der Waals surface area contributed by atoms with Gasteiger partial charge in [-0.1, -0.05) is 64.5 Å². The standard InChI is InChI=1S/C23H15BrN4O3/c24-20-9-5-4-8-18(20)15-25-27-22(17-6-2-1-3-7-17)26-21(23(27)29)14-16-10-12-19(13-11-16)28(30)31/h1-15H/b21-14-,25-15+. The smallest absolute Gasteiger partial charge is 0.265 e. The second kappa shape index (κ2) is 8.85. The van der Waals surface area contributed by atoms with Crippen molar-refractivity contribution in [2.75, 3.05) is 0 Å². The summed E-state index contributed by atoms with van der Waals surface area (Å²) in [5.41, 5.74) is 2.36. The quantitative estimate of drug-likeness (QED) is 0.225. The fourth-order valence-electron chi connectivity index (χ4n) is 2.94. The molecule has 3 aromatic carbocycles. The average Bonchev–Trinajstić information content (AvgIpc) is 3.09. The zero-order valence-corrected chi connectivity index (χ0v) is 17.6. The number of nitro groups is 1. The van der Waals surface area contributed by atoms with Crippen molar-refractivity contribution in [1.82, 2.24) is 5.01 Å². The van der Waals surface area contributed by atoms with Crippen molar-refractivity contribution in [2.24, 2.45) is 10.1 Å². The van der Waals surface area contributed by atoms with Crippen molar-refractivity contribution in [3.63, 3.8) is 0 Å². The van der Waals surface area contributed by atoms with Crippen LogP contribution in [0.3, 0.4) is 0 Å². The van der Waals surface area contributed by atoms with Crippen LogP contribution < -0.4 is 0 Å². The number of amidine groups is 1. The van der Waals surface area contributed by atoms with E-state index < -0.39 is 4.92 Å². The lowest BCUT2D eigenvalue weighted by atomic mass is 10.2. The summed E-state index contributed by atoms with van der Waals surface area (Å²) in [6.45, 7) is 0. The highest BCUT2D eigenvalue weighted by Gasteiger charge is 2.31. The Morgan fingerprint density at radius 1 is 0.968 bits per heavy atom. The number of carbonyl (C=O) groups excluding carboxylic acids is 1. The average molecular weight is 475 g/mol. The molecule has 0 saturated heterocycles. The highest BCUT2D eigenvalue weighted by atomic mass is 79.9. The highest BCUT2D eigenvalue weighted by Crippen LogP contribution is 2.24. The molecule has 3 aromatic rings. The predicted molar refractivity (Wildman–Crippen MR) is 123 cm³/mol. The number of hydrazone groups is 1. The minimum absolute atomic E-state index is 0.0203. The minimum Gasteiger partial charge on any atom is -0.265 e. The first-order chi connectivity index (χ1) is 15.0. The SMILES string of the molecule is O=C1/C(=C/c2ccc([N+](=O)[O-])cc2)N=C(c2ccccc2)N1/N=C/c1ccccc1Br. The molecule has 0 aliphatic carbocycles. The summed E-state index contributed by atoms with van der Waals surface area (Å²) >= 11 is 3.47. The van der Waals surface area contributed by atoms with E-state index in [4.69, 9.17) is 0 Å². The number of nitro benzene ring substituents is 1. The number of hydrogen-bond acceptors (Lipinski definition) is 5. The van der Waals surface area contributed by atoms with Gasteiger partial charge in [0.05, 0.1) is 11.1 Å². The third-order valence-corrected chi connectivity index (χ3v) is 5.22. The third-order valence-electron chi connectivity index (χ3n) is 4.50. The lowest BCUT2D eigenvalue weighted by Crippen LogP contribution is -2.27. The molecule has 1 aliphatic rings. The lowest BCUT2D eigenvalue weighted by molar-refractivity contribution is -0.384. The summed E-state index contributed by atoms with van der Waals surface area (Å²) < 4.78 is 0.852. The molecule has 0 fully saturated rings. The topological polar surface area (TPSA) is 88.2 Å². The Balaban J connectivity index is 1.71. The van der Waals surface area contributed by atoms with Gasteiger partial charge in [-0.3, -0.25) is 14.9 Å². The number of carbonyl (C=O) groups is 1. The molecule has 0 aromatic heterocycles. The summed E-state index contributed by atoms with van der Waals surface area (Å²) in [7, 11) is 0. The van der Waals surface area contributed by atoms with Crippen LogP contribution in [0.4, 0.5) is 5.69 Å². The zero-order valence-electron chi connectivity index (χ0n) is 16.1. The van der Waals surface area contributed by atoms with E-state index in [1.165, 1.54) is 17.1 Å². The van der Waals surface area contributed by atoms with Crippen LogP contribution in [-0.4, -0.2) is 27.9 Å². The molecule has 31 heavy (non-hydrogen) atoms. The van der Waals surface area contributed by atoms with Gasteiger partial charge in [0.2, 0.25) is 0 Å². The summed E-state index contributed by atoms with van der Waals surface area (Å²) in [6.07, 6.45) is 3.18. The Labute approximate surface area is 186 Å². The zero-order chi connectivity index (χ0) is 21.8. The van der Waals surface area contributed by atoms with Gasteiger partial charge in [-0.25, -0.2) is 4.99 Å². The van der Waals surface area contributed by atoms with Crippen LogP contribution in [0.2, 0.25) is 0 Å². The van der Waals surface area contributed by atoms with Gasteiger partial charge in [0.1, 0.15) is 5.70 Å². The number of rotatable bonds is 5. The number of nitrogens with zero attached hydrogens (tertiary/aromatic N) is 4. The number of hydrogen-bond donors (Lipinski definition) is 0. The maximum atomic E-state index is 13.1. The first-order valence-electron chi connectivity index (χ1n) is 9.26. The summed E-state index contributed by atoms with van der Waals surface area (Å²) in [6, 6.07) is 22.7. The predicted octanol–water partition coefficient (Wildman–Crippen LogP) is 5.02. The van der Waals surface area contributed by atoms with E-state index in [2.05, 4.69) is 26.0 Å². The molecule has 0 atom stereocenters. The maximum Gasteiger partial charge on any atom is 0.298 e. The first-order valence-corrected chi connectivity index (χ1v) is 10.1. The summed E-state index contributed by atoms with van der Waals surface area (Å²) in [5, 5.41) is 16.5. The van der Waals surface area contributed by atoms with E-state index in [9.17, 15) is 14.9 Å². The molecule has 4 rings (SSSR count). The molecule has 0 saturated carbocycles. The number of benzene rings is 3. The van der Waals surface area contributed by atoms with Crippen LogP contribution >= 0.6 is 15.9 Å². The van der Waals surface area contributed by atoms with Gasteiger partial charge < -0.3 is 0 Å². The van der Waals surface area contributed by atoms with E-state index in [1.54, 1.807) is 24.4 Å². The molecule has 0 unspecified atom stereocenters. The van der Waals surface area contributed by atoms with Gasteiger partial charge >= 0.3 is 0 Å². The van der Waals surface area contributed by atoms with E-state index in [0.717, 1.165) is 15.6 Å². The fraction of sp³-hybridized carbons (Fsp3) is 0. The number of non-ortho nitro benzene ring substituents is 1. The molecule has 152 valence electrons. The lowest BCUT2D eigenvalue weighted by Gasteiger charge is -2.12. The first kappa shape index (κ1) is 20.4. The largest absolute Gasteiger partial charge is 0.298 e. The van der Waals surface area contributed by atoms with Crippen molar-refractivity contribution in [2.45, 2.75) is 0 Å². The molecular formula is C23H15BrN4O3. The van der Waals surface area contributed by atoms with E-state index >= 15 is 0 Å². The second-order valence-electron chi connectivity index (χ2n) is 6.56. The normalized spacial score (nSPS) is 15.0. The molecule has 1 heterocycles. The van der Waals surface area contributed by atoms with Crippen molar-refractivity contribution in [3.8, 4) is 0 Å². The number of amides is 1. The van der Waals surface area contributed by atoms with Crippen LogP contribution in [0.1, 0.15) is 16.7 Å². The Morgan fingerprint density at radius 2 is 1.65 bits per heavy atom. The highest BCUT2D eigenvalue weighted by molar-refractivity contribution is 9.10. The molecule has 0 spiro atoms. The van der Waals surface area contributed by atoms with E-state index in [-0.39, 0.29) is 17.3 Å². The summed E-state index contributed by atoms with van der Waals surface area (Å²) in [5.74, 6) is 0.0163. The third kappa shape index (κ3) is 4.49. The Bertz CT molecular complexity index is 1240. The Morgan fingerprint density at radius 3 is 2.32 bits per heavy atom. The van der Waals surface area contributed by atoms with Crippen LogP contribution in [0.15, 0.2) is 99.1 Å². The Kier molecular flexibility index (Phi) is 5.81. The van der Waals surface area contributed by atoms with Crippen molar-refractivity contribution in [1.29, 1.82) is 0 Å². The molecule has 0 N–H and O–H groups in total.